The molecular formula is C17H20N4O2. The molecule has 1 fully saturated rings. The summed E-state index contributed by atoms with van der Waals surface area (Å²) in [6.07, 6.45) is 5.82. The summed E-state index contributed by atoms with van der Waals surface area (Å²) in [7, 11) is 1.69. The standard InChI is InChI=1S/C17H20N4O2/c1-19-12-16(22)21(10-9-20-8-7-18-13-20)15(17(19)23)11-14-5-3-2-4-6-14/h2-8,13,15H,9-12H2,1H3/t15-/m0/s1. The molecule has 23 heavy (non-hydrogen) atoms. The minimum atomic E-state index is -0.438. The number of likely N-dealkylation sites (N-methyl/N-ethyl adjacent to an activating group) is 1. The summed E-state index contributed by atoms with van der Waals surface area (Å²) in [6, 6.07) is 9.38. The molecule has 120 valence electrons. The highest BCUT2D eigenvalue weighted by Gasteiger charge is 2.37. The number of imidazole rings is 1. The molecule has 1 atom stereocenters. The number of aromatic nitrogens is 2. The summed E-state index contributed by atoms with van der Waals surface area (Å²) in [5.41, 5.74) is 1.06. The Morgan fingerprint density at radius 3 is 2.65 bits per heavy atom. The third-order valence-electron chi connectivity index (χ3n) is 4.16. The first kappa shape index (κ1) is 15.3. The molecule has 1 aromatic heterocycles. The van der Waals surface area contributed by atoms with Crippen molar-refractivity contribution >= 4 is 11.8 Å². The highest BCUT2D eigenvalue weighted by Crippen LogP contribution is 2.16. The average molecular weight is 312 g/mol. The minimum Gasteiger partial charge on any atom is -0.336 e. The number of amides is 2. The number of carbonyl (C=O) groups is 2. The number of piperazine rings is 1. The monoisotopic (exact) mass is 312 g/mol. The molecular weight excluding hydrogens is 292 g/mol. The van der Waals surface area contributed by atoms with Crippen LogP contribution in [0.2, 0.25) is 0 Å². The lowest BCUT2D eigenvalue weighted by atomic mass is 10.0. The van der Waals surface area contributed by atoms with Crippen molar-refractivity contribution in [3.63, 3.8) is 0 Å². The molecule has 2 amide bonds. The number of benzene rings is 1. The Labute approximate surface area is 135 Å². The first-order valence-corrected chi connectivity index (χ1v) is 7.69. The van der Waals surface area contributed by atoms with Gasteiger partial charge in [0.05, 0.1) is 12.9 Å². The van der Waals surface area contributed by atoms with E-state index in [4.69, 9.17) is 0 Å². The first-order chi connectivity index (χ1) is 11.1. The Bertz CT molecular complexity index is 669. The molecule has 6 heteroatoms. The SMILES string of the molecule is CN1CC(=O)N(CCn2ccnc2)[C@@H](Cc2ccccc2)C1=O. The van der Waals surface area contributed by atoms with Gasteiger partial charge in [-0.1, -0.05) is 30.3 Å². The van der Waals surface area contributed by atoms with Crippen molar-refractivity contribution in [2.45, 2.75) is 19.0 Å². The summed E-state index contributed by atoms with van der Waals surface area (Å²) < 4.78 is 1.91. The van der Waals surface area contributed by atoms with Gasteiger partial charge in [-0.15, -0.1) is 0 Å². The van der Waals surface area contributed by atoms with Crippen molar-refractivity contribution < 1.29 is 9.59 Å². The maximum Gasteiger partial charge on any atom is 0.245 e. The van der Waals surface area contributed by atoms with E-state index in [2.05, 4.69) is 4.98 Å². The molecule has 0 aliphatic carbocycles. The maximum atomic E-state index is 12.6. The maximum absolute atomic E-state index is 12.6. The van der Waals surface area contributed by atoms with E-state index in [9.17, 15) is 9.59 Å². The van der Waals surface area contributed by atoms with E-state index in [1.165, 1.54) is 4.90 Å². The lowest BCUT2D eigenvalue weighted by molar-refractivity contribution is -0.154. The van der Waals surface area contributed by atoms with E-state index in [1.54, 1.807) is 24.5 Å². The van der Waals surface area contributed by atoms with Crippen molar-refractivity contribution in [2.24, 2.45) is 0 Å². The molecule has 0 unspecified atom stereocenters. The first-order valence-electron chi connectivity index (χ1n) is 7.69. The zero-order valence-electron chi connectivity index (χ0n) is 13.1. The number of nitrogens with zero attached hydrogens (tertiary/aromatic N) is 4. The van der Waals surface area contributed by atoms with Crippen LogP contribution in [0.4, 0.5) is 0 Å². The van der Waals surface area contributed by atoms with Crippen LogP contribution >= 0.6 is 0 Å². The van der Waals surface area contributed by atoms with Gasteiger partial charge in [0, 0.05) is 39.0 Å². The van der Waals surface area contributed by atoms with E-state index in [0.29, 0.717) is 19.5 Å². The number of hydrogen-bond donors (Lipinski definition) is 0. The average Bonchev–Trinajstić information content (AvgIpc) is 3.06. The topological polar surface area (TPSA) is 58.4 Å². The minimum absolute atomic E-state index is 0.000848. The molecule has 1 aromatic carbocycles. The van der Waals surface area contributed by atoms with Crippen molar-refractivity contribution in [1.82, 2.24) is 19.4 Å². The largest absolute Gasteiger partial charge is 0.336 e. The molecule has 1 aliphatic heterocycles. The van der Waals surface area contributed by atoms with Crippen LogP contribution < -0.4 is 0 Å². The summed E-state index contributed by atoms with van der Waals surface area (Å²) in [6.45, 7) is 1.29. The van der Waals surface area contributed by atoms with Gasteiger partial charge in [-0.25, -0.2) is 4.98 Å². The third kappa shape index (κ3) is 3.41. The summed E-state index contributed by atoms with van der Waals surface area (Å²) >= 11 is 0. The molecule has 0 spiro atoms. The van der Waals surface area contributed by atoms with Crippen LogP contribution in [0.3, 0.4) is 0 Å². The molecule has 6 nitrogen and oxygen atoms in total. The Hall–Kier alpha value is -2.63. The molecule has 0 radical (unpaired) electrons. The van der Waals surface area contributed by atoms with Gasteiger partial charge < -0.3 is 14.4 Å². The quantitative estimate of drug-likeness (QED) is 0.820. The second-order valence-corrected chi connectivity index (χ2v) is 5.79. The van der Waals surface area contributed by atoms with Gasteiger partial charge in [0.2, 0.25) is 11.8 Å². The fourth-order valence-electron chi connectivity index (χ4n) is 2.89. The molecule has 1 aliphatic rings. The van der Waals surface area contributed by atoms with Crippen LogP contribution in [0.5, 0.6) is 0 Å². The van der Waals surface area contributed by atoms with Crippen LogP contribution in [0.1, 0.15) is 5.56 Å². The molecule has 0 N–H and O–H groups in total. The Balaban J connectivity index is 1.77. The molecule has 1 saturated heterocycles. The summed E-state index contributed by atoms with van der Waals surface area (Å²) in [4.78, 5) is 32.2. The van der Waals surface area contributed by atoms with Crippen molar-refractivity contribution in [3.8, 4) is 0 Å². The molecule has 0 bridgehead atoms. The Morgan fingerprint density at radius 1 is 1.17 bits per heavy atom. The van der Waals surface area contributed by atoms with E-state index in [1.807, 2.05) is 41.1 Å². The van der Waals surface area contributed by atoms with Gasteiger partial charge in [-0.2, -0.15) is 0 Å². The molecule has 0 saturated carbocycles. The number of hydrogen-bond acceptors (Lipinski definition) is 3. The lowest BCUT2D eigenvalue weighted by Gasteiger charge is -2.39. The van der Waals surface area contributed by atoms with Gasteiger partial charge in [-0.05, 0) is 5.56 Å². The zero-order chi connectivity index (χ0) is 16.2. The third-order valence-corrected chi connectivity index (χ3v) is 4.16. The number of rotatable bonds is 5. The van der Waals surface area contributed by atoms with Gasteiger partial charge >= 0.3 is 0 Å². The van der Waals surface area contributed by atoms with E-state index >= 15 is 0 Å². The van der Waals surface area contributed by atoms with Crippen LogP contribution in [-0.4, -0.2) is 57.3 Å². The smallest absolute Gasteiger partial charge is 0.245 e. The van der Waals surface area contributed by atoms with E-state index in [0.717, 1.165) is 5.56 Å². The van der Waals surface area contributed by atoms with Crippen LogP contribution in [0, 0.1) is 0 Å². The summed E-state index contributed by atoms with van der Waals surface area (Å²) in [5, 5.41) is 0. The van der Waals surface area contributed by atoms with Gasteiger partial charge in [0.25, 0.3) is 0 Å². The Morgan fingerprint density at radius 2 is 1.96 bits per heavy atom. The second kappa shape index (κ2) is 6.64. The van der Waals surface area contributed by atoms with Gasteiger partial charge in [0.15, 0.2) is 0 Å². The predicted molar refractivity (Wildman–Crippen MR) is 85.5 cm³/mol. The summed E-state index contributed by atoms with van der Waals surface area (Å²) in [5.74, 6) is -0.00719. The van der Waals surface area contributed by atoms with Crippen LogP contribution in [0.25, 0.3) is 0 Å². The fourth-order valence-corrected chi connectivity index (χ4v) is 2.89. The van der Waals surface area contributed by atoms with Crippen molar-refractivity contribution in [1.29, 1.82) is 0 Å². The normalized spacial score (nSPS) is 18.6. The lowest BCUT2D eigenvalue weighted by Crippen LogP contribution is -2.60. The zero-order valence-corrected chi connectivity index (χ0v) is 13.1. The Kier molecular flexibility index (Phi) is 4.41. The number of carbonyl (C=O) groups excluding carboxylic acids is 2. The molecule has 3 rings (SSSR count). The van der Waals surface area contributed by atoms with Crippen molar-refractivity contribution in [2.75, 3.05) is 20.1 Å². The van der Waals surface area contributed by atoms with Crippen molar-refractivity contribution in [3.05, 3.63) is 54.6 Å². The predicted octanol–water partition coefficient (Wildman–Crippen LogP) is 0.795. The van der Waals surface area contributed by atoms with E-state index < -0.39 is 6.04 Å². The fraction of sp³-hybridized carbons (Fsp3) is 0.353. The molecule has 2 aromatic rings. The highest BCUT2D eigenvalue weighted by molar-refractivity contribution is 5.94. The van der Waals surface area contributed by atoms with Crippen LogP contribution in [-0.2, 0) is 22.6 Å². The highest BCUT2D eigenvalue weighted by atomic mass is 16.2. The van der Waals surface area contributed by atoms with Crippen LogP contribution in [0.15, 0.2) is 49.1 Å². The van der Waals surface area contributed by atoms with Gasteiger partial charge in [-0.3, -0.25) is 9.59 Å². The second-order valence-electron chi connectivity index (χ2n) is 5.79. The molecule has 2 heterocycles. The van der Waals surface area contributed by atoms with E-state index in [-0.39, 0.29) is 18.4 Å². The van der Waals surface area contributed by atoms with Gasteiger partial charge in [0.1, 0.15) is 6.04 Å².